The molecule has 0 bridgehead atoms. The Morgan fingerprint density at radius 2 is 1.54 bits per heavy atom. The fourth-order valence-electron chi connectivity index (χ4n) is 3.95. The summed E-state index contributed by atoms with van der Waals surface area (Å²) in [6, 6.07) is 20.0. The summed E-state index contributed by atoms with van der Waals surface area (Å²) in [4.78, 5) is 28.5. The summed E-state index contributed by atoms with van der Waals surface area (Å²) in [5.41, 5.74) is 3.12. The molecule has 1 N–H and O–H groups in total. The number of hydrogen-bond donors (Lipinski definition) is 1. The molecule has 1 atom stereocenters. The highest BCUT2D eigenvalue weighted by Gasteiger charge is 2.32. The second-order valence-electron chi connectivity index (χ2n) is 10.1. The van der Waals surface area contributed by atoms with Crippen molar-refractivity contribution in [2.45, 2.75) is 52.1 Å². The first kappa shape index (κ1) is 30.4. The predicted molar refractivity (Wildman–Crippen MR) is 159 cm³/mol. The van der Waals surface area contributed by atoms with Crippen LogP contribution in [-0.2, 0) is 26.2 Å². The summed E-state index contributed by atoms with van der Waals surface area (Å²) in [5, 5.41) is 2.89. The van der Waals surface area contributed by atoms with Crippen LogP contribution in [0.15, 0.2) is 82.2 Å². The number of rotatable bonds is 11. The molecule has 0 fully saturated rings. The molecule has 0 aliphatic rings. The Bertz CT molecular complexity index is 1390. The molecule has 0 saturated heterocycles. The van der Waals surface area contributed by atoms with Gasteiger partial charge < -0.3 is 10.2 Å². The fraction of sp³-hybridized carbons (Fsp3) is 0.333. The third-order valence-electron chi connectivity index (χ3n) is 6.51. The van der Waals surface area contributed by atoms with Crippen molar-refractivity contribution < 1.29 is 18.0 Å². The monoisotopic (exact) mass is 613 g/mol. The molecule has 0 saturated carbocycles. The zero-order valence-corrected chi connectivity index (χ0v) is 25.4. The van der Waals surface area contributed by atoms with Crippen molar-refractivity contribution in [1.82, 2.24) is 10.2 Å². The molecule has 0 radical (unpaired) electrons. The van der Waals surface area contributed by atoms with Crippen molar-refractivity contribution >= 4 is 43.5 Å². The quantitative estimate of drug-likeness (QED) is 0.311. The van der Waals surface area contributed by atoms with Gasteiger partial charge in [-0.1, -0.05) is 66.2 Å². The lowest BCUT2D eigenvalue weighted by Crippen LogP contribution is -2.51. The maximum atomic E-state index is 13.9. The van der Waals surface area contributed by atoms with E-state index in [1.165, 1.54) is 17.0 Å². The minimum atomic E-state index is -4.08. The predicted octanol–water partition coefficient (Wildman–Crippen LogP) is 5.45. The van der Waals surface area contributed by atoms with Crippen LogP contribution in [-0.4, -0.2) is 44.3 Å². The first-order valence-electron chi connectivity index (χ1n) is 12.9. The molecule has 208 valence electrons. The van der Waals surface area contributed by atoms with E-state index in [-0.39, 0.29) is 23.3 Å². The van der Waals surface area contributed by atoms with E-state index < -0.39 is 28.5 Å². The molecule has 0 aromatic heterocycles. The average molecular weight is 615 g/mol. The van der Waals surface area contributed by atoms with Crippen LogP contribution in [0.3, 0.4) is 0 Å². The number of anilines is 1. The lowest BCUT2D eigenvalue weighted by molar-refractivity contribution is -0.139. The van der Waals surface area contributed by atoms with Crippen molar-refractivity contribution in [3.8, 4) is 0 Å². The standard InChI is InChI=1S/C30H36BrN3O4S/c1-21(2)18-32-30(36)24(5)33(19-25-12-14-26(31)15-13-25)29(35)20-34(27-16-11-22(3)23(4)17-27)39(37,38)28-9-7-6-8-10-28/h6-17,21,24H,18-20H2,1-5H3,(H,32,36)/t24-/m1/s1. The Balaban J connectivity index is 2.02. The number of carbonyl (C=O) groups excluding carboxylic acids is 2. The van der Waals surface area contributed by atoms with E-state index in [1.54, 1.807) is 37.3 Å². The molecular weight excluding hydrogens is 578 g/mol. The normalized spacial score (nSPS) is 12.2. The van der Waals surface area contributed by atoms with Crippen LogP contribution in [0.5, 0.6) is 0 Å². The van der Waals surface area contributed by atoms with Crippen molar-refractivity contribution in [3.05, 3.63) is 94.0 Å². The number of hydrogen-bond acceptors (Lipinski definition) is 4. The summed E-state index contributed by atoms with van der Waals surface area (Å²) in [6.45, 7) is 9.65. The topological polar surface area (TPSA) is 86.8 Å². The molecule has 0 unspecified atom stereocenters. The fourth-order valence-corrected chi connectivity index (χ4v) is 5.64. The number of nitrogens with one attached hydrogen (secondary N) is 1. The van der Waals surface area contributed by atoms with Crippen LogP contribution in [0.1, 0.15) is 37.5 Å². The molecule has 9 heteroatoms. The Labute approximate surface area is 240 Å². The zero-order valence-electron chi connectivity index (χ0n) is 23.0. The van der Waals surface area contributed by atoms with Gasteiger partial charge in [-0.3, -0.25) is 13.9 Å². The lowest BCUT2D eigenvalue weighted by atomic mass is 10.1. The van der Waals surface area contributed by atoms with Crippen molar-refractivity contribution in [3.63, 3.8) is 0 Å². The van der Waals surface area contributed by atoms with E-state index in [2.05, 4.69) is 21.2 Å². The second kappa shape index (κ2) is 13.3. The number of amides is 2. The van der Waals surface area contributed by atoms with Gasteiger partial charge in [0.05, 0.1) is 10.6 Å². The maximum absolute atomic E-state index is 13.9. The molecule has 0 aliphatic heterocycles. The summed E-state index contributed by atoms with van der Waals surface area (Å²) < 4.78 is 29.7. The molecule has 3 rings (SSSR count). The van der Waals surface area contributed by atoms with Gasteiger partial charge in [0, 0.05) is 17.6 Å². The van der Waals surface area contributed by atoms with Gasteiger partial charge in [0.2, 0.25) is 11.8 Å². The minimum absolute atomic E-state index is 0.0817. The van der Waals surface area contributed by atoms with E-state index in [4.69, 9.17) is 0 Å². The molecule has 0 spiro atoms. The van der Waals surface area contributed by atoms with Gasteiger partial charge >= 0.3 is 0 Å². The number of benzene rings is 3. The number of aryl methyl sites for hydroxylation is 2. The van der Waals surface area contributed by atoms with E-state index >= 15 is 0 Å². The van der Waals surface area contributed by atoms with Crippen molar-refractivity contribution in [2.75, 3.05) is 17.4 Å². The highest BCUT2D eigenvalue weighted by Crippen LogP contribution is 2.26. The molecule has 3 aromatic carbocycles. The smallest absolute Gasteiger partial charge is 0.264 e. The Morgan fingerprint density at radius 3 is 2.13 bits per heavy atom. The number of sulfonamides is 1. The molecule has 0 aliphatic carbocycles. The highest BCUT2D eigenvalue weighted by molar-refractivity contribution is 9.10. The third-order valence-corrected chi connectivity index (χ3v) is 8.82. The summed E-state index contributed by atoms with van der Waals surface area (Å²) in [6.07, 6.45) is 0. The van der Waals surface area contributed by atoms with Gasteiger partial charge in [-0.2, -0.15) is 0 Å². The molecule has 7 nitrogen and oxygen atoms in total. The molecule has 3 aromatic rings. The largest absolute Gasteiger partial charge is 0.354 e. The molecule has 2 amide bonds. The van der Waals surface area contributed by atoms with Crippen molar-refractivity contribution in [2.24, 2.45) is 5.92 Å². The first-order valence-corrected chi connectivity index (χ1v) is 15.1. The highest BCUT2D eigenvalue weighted by atomic mass is 79.9. The Kier molecular flexibility index (Phi) is 10.3. The number of nitrogens with zero attached hydrogens (tertiary/aromatic N) is 2. The van der Waals surface area contributed by atoms with Crippen LogP contribution in [0.25, 0.3) is 0 Å². The van der Waals surface area contributed by atoms with E-state index in [1.807, 2.05) is 58.0 Å². The van der Waals surface area contributed by atoms with Crippen LogP contribution in [0.2, 0.25) is 0 Å². The van der Waals surface area contributed by atoms with E-state index in [9.17, 15) is 18.0 Å². The Morgan fingerprint density at radius 1 is 0.897 bits per heavy atom. The van der Waals surface area contributed by atoms with Crippen LogP contribution < -0.4 is 9.62 Å². The van der Waals surface area contributed by atoms with Crippen LogP contribution in [0.4, 0.5) is 5.69 Å². The number of halogens is 1. The van der Waals surface area contributed by atoms with Gasteiger partial charge in [0.1, 0.15) is 12.6 Å². The van der Waals surface area contributed by atoms with Gasteiger partial charge in [-0.15, -0.1) is 0 Å². The zero-order chi connectivity index (χ0) is 28.7. The van der Waals surface area contributed by atoms with E-state index in [0.29, 0.717) is 12.2 Å². The minimum Gasteiger partial charge on any atom is -0.354 e. The van der Waals surface area contributed by atoms with Gasteiger partial charge in [-0.05, 0) is 79.8 Å². The summed E-state index contributed by atoms with van der Waals surface area (Å²) >= 11 is 3.42. The first-order chi connectivity index (χ1) is 18.4. The molecule has 39 heavy (non-hydrogen) atoms. The van der Waals surface area contributed by atoms with E-state index in [0.717, 1.165) is 25.5 Å². The average Bonchev–Trinajstić information content (AvgIpc) is 2.91. The molecule has 0 heterocycles. The SMILES string of the molecule is Cc1ccc(N(CC(=O)N(Cc2ccc(Br)cc2)[C@H](C)C(=O)NCC(C)C)S(=O)(=O)c2ccccc2)cc1C. The van der Waals surface area contributed by atoms with Gasteiger partial charge in [-0.25, -0.2) is 8.42 Å². The molecular formula is C30H36BrN3O4S. The van der Waals surface area contributed by atoms with Crippen LogP contribution in [0, 0.1) is 19.8 Å². The lowest BCUT2D eigenvalue weighted by Gasteiger charge is -2.32. The maximum Gasteiger partial charge on any atom is 0.264 e. The summed E-state index contributed by atoms with van der Waals surface area (Å²) in [7, 11) is -4.08. The van der Waals surface area contributed by atoms with Gasteiger partial charge in [0.25, 0.3) is 10.0 Å². The number of carbonyl (C=O) groups is 2. The third kappa shape index (κ3) is 7.92. The van der Waals surface area contributed by atoms with Gasteiger partial charge in [0.15, 0.2) is 0 Å². The summed E-state index contributed by atoms with van der Waals surface area (Å²) in [5.74, 6) is -0.534. The van der Waals surface area contributed by atoms with Crippen LogP contribution >= 0.6 is 15.9 Å². The Hall–Kier alpha value is -3.17. The second-order valence-corrected chi connectivity index (χ2v) is 12.8. The van der Waals surface area contributed by atoms with Crippen molar-refractivity contribution in [1.29, 1.82) is 0 Å².